The van der Waals surface area contributed by atoms with Gasteiger partial charge in [0.15, 0.2) is 11.6 Å². The normalized spacial score (nSPS) is 16.0. The highest BCUT2D eigenvalue weighted by Crippen LogP contribution is 2.32. The fourth-order valence-corrected chi connectivity index (χ4v) is 3.87. The van der Waals surface area contributed by atoms with Gasteiger partial charge < -0.3 is 19.7 Å². The summed E-state index contributed by atoms with van der Waals surface area (Å²) in [6, 6.07) is 14.4. The van der Waals surface area contributed by atoms with E-state index in [4.69, 9.17) is 4.74 Å². The van der Waals surface area contributed by atoms with Crippen LogP contribution in [-0.2, 0) is 0 Å². The molecular weight excluding hydrogens is 394 g/mol. The van der Waals surface area contributed by atoms with Gasteiger partial charge in [-0.1, -0.05) is 12.1 Å². The summed E-state index contributed by atoms with van der Waals surface area (Å²) in [5, 5.41) is 9.63. The number of aliphatic hydroxyl groups is 1. The number of ketones is 1. The van der Waals surface area contributed by atoms with Crippen LogP contribution in [0.1, 0.15) is 29.0 Å². The summed E-state index contributed by atoms with van der Waals surface area (Å²) in [4.78, 5) is 31.0. The van der Waals surface area contributed by atoms with Gasteiger partial charge in [0.05, 0.1) is 23.7 Å². The van der Waals surface area contributed by atoms with E-state index < -0.39 is 0 Å². The average Bonchev–Trinajstić information content (AvgIpc) is 3.46. The summed E-state index contributed by atoms with van der Waals surface area (Å²) in [5.41, 5.74) is 2.08. The van der Waals surface area contributed by atoms with Crippen LogP contribution in [0, 0.1) is 0 Å². The van der Waals surface area contributed by atoms with Gasteiger partial charge in [-0.25, -0.2) is 15.0 Å². The Kier molecular flexibility index (Phi) is 5.05. The van der Waals surface area contributed by atoms with Gasteiger partial charge in [-0.15, -0.1) is 0 Å². The molecule has 1 fully saturated rings. The molecule has 4 aromatic rings. The first-order valence-corrected chi connectivity index (χ1v) is 10.2. The van der Waals surface area contributed by atoms with Crippen molar-refractivity contribution in [1.82, 2.24) is 19.9 Å². The van der Waals surface area contributed by atoms with Crippen LogP contribution in [-0.4, -0.2) is 50.0 Å². The Hall–Kier alpha value is -3.78. The number of ether oxygens (including phenoxy) is 1. The van der Waals surface area contributed by atoms with Crippen LogP contribution in [0.25, 0.3) is 11.0 Å². The highest BCUT2D eigenvalue weighted by Gasteiger charge is 2.28. The first-order chi connectivity index (χ1) is 15.2. The summed E-state index contributed by atoms with van der Waals surface area (Å²) in [5.74, 6) is 1.64. The number of hydrogen-bond donors (Lipinski definition) is 2. The number of H-pyrrole nitrogens is 1. The molecule has 31 heavy (non-hydrogen) atoms. The second-order valence-electron chi connectivity index (χ2n) is 7.42. The van der Waals surface area contributed by atoms with E-state index in [9.17, 15) is 9.90 Å². The fourth-order valence-electron chi connectivity index (χ4n) is 3.87. The van der Waals surface area contributed by atoms with E-state index in [-0.39, 0.29) is 18.4 Å². The molecule has 8 heteroatoms. The molecule has 1 aliphatic rings. The van der Waals surface area contributed by atoms with E-state index >= 15 is 0 Å². The summed E-state index contributed by atoms with van der Waals surface area (Å²) < 4.78 is 5.97. The number of anilines is 1. The van der Waals surface area contributed by atoms with E-state index in [1.165, 1.54) is 0 Å². The molecule has 0 bridgehead atoms. The van der Waals surface area contributed by atoms with Crippen LogP contribution in [0.5, 0.6) is 11.6 Å². The van der Waals surface area contributed by atoms with Crippen molar-refractivity contribution >= 4 is 22.6 Å². The van der Waals surface area contributed by atoms with Crippen molar-refractivity contribution in [3.05, 3.63) is 72.3 Å². The lowest BCUT2D eigenvalue weighted by Gasteiger charge is -2.25. The third-order valence-electron chi connectivity index (χ3n) is 5.44. The maximum absolute atomic E-state index is 12.8. The molecule has 0 radical (unpaired) electrons. The van der Waals surface area contributed by atoms with Crippen LogP contribution >= 0.6 is 0 Å². The number of imidazole rings is 1. The minimum absolute atomic E-state index is 0.0165. The van der Waals surface area contributed by atoms with Crippen molar-refractivity contribution in [3.8, 4) is 11.6 Å². The molecular formula is C23H21N5O3. The molecule has 2 N–H and O–H groups in total. The van der Waals surface area contributed by atoms with Crippen molar-refractivity contribution in [2.24, 2.45) is 0 Å². The molecule has 2 aromatic heterocycles. The molecule has 156 valence electrons. The van der Waals surface area contributed by atoms with Gasteiger partial charge in [0.2, 0.25) is 5.78 Å². The lowest BCUT2D eigenvalue weighted by Crippen LogP contribution is -2.33. The number of aromatic nitrogens is 4. The molecule has 1 unspecified atom stereocenters. The van der Waals surface area contributed by atoms with Crippen LogP contribution in [0.2, 0.25) is 0 Å². The van der Waals surface area contributed by atoms with Crippen molar-refractivity contribution in [3.63, 3.8) is 0 Å². The number of carbonyl (C=O) groups excluding carboxylic acids is 1. The number of fused-ring (bicyclic) bond motifs is 1. The van der Waals surface area contributed by atoms with Gasteiger partial charge in [0.1, 0.15) is 5.75 Å². The molecule has 0 amide bonds. The minimum atomic E-state index is -0.189. The molecule has 1 saturated heterocycles. The number of nitrogens with zero attached hydrogens (tertiary/aromatic N) is 4. The lowest BCUT2D eigenvalue weighted by atomic mass is 10.1. The number of nitrogens with one attached hydrogen (secondary N) is 1. The largest absolute Gasteiger partial charge is 0.436 e. The van der Waals surface area contributed by atoms with E-state index in [1.54, 1.807) is 36.7 Å². The van der Waals surface area contributed by atoms with Crippen LogP contribution < -0.4 is 9.64 Å². The van der Waals surface area contributed by atoms with E-state index in [2.05, 4.69) is 19.9 Å². The molecule has 5 rings (SSSR count). The fraction of sp³-hybridized carbons (Fsp3) is 0.217. The van der Waals surface area contributed by atoms with Crippen molar-refractivity contribution in [2.75, 3.05) is 18.1 Å². The quantitative estimate of drug-likeness (QED) is 0.466. The van der Waals surface area contributed by atoms with Gasteiger partial charge in [0, 0.05) is 24.5 Å². The lowest BCUT2D eigenvalue weighted by molar-refractivity contribution is 0.103. The first-order valence-electron chi connectivity index (χ1n) is 10.2. The predicted octanol–water partition coefficient (Wildman–Crippen LogP) is 3.34. The SMILES string of the molecule is O=C(c1ccc(Oc2nccnc2N2CCCC2CO)cc1)c1nc2ccccc2[nH]1. The number of para-hydroxylation sites is 2. The Morgan fingerprint density at radius 1 is 1.13 bits per heavy atom. The first kappa shape index (κ1) is 19.2. The maximum atomic E-state index is 12.8. The summed E-state index contributed by atoms with van der Waals surface area (Å²) in [7, 11) is 0. The zero-order chi connectivity index (χ0) is 21.2. The molecule has 8 nitrogen and oxygen atoms in total. The highest BCUT2D eigenvalue weighted by molar-refractivity contribution is 6.08. The van der Waals surface area contributed by atoms with E-state index in [0.717, 1.165) is 30.4 Å². The molecule has 1 aliphatic heterocycles. The van der Waals surface area contributed by atoms with Crippen LogP contribution in [0.15, 0.2) is 60.9 Å². The summed E-state index contributed by atoms with van der Waals surface area (Å²) in [6.45, 7) is 0.861. The zero-order valence-corrected chi connectivity index (χ0v) is 16.7. The number of aromatic amines is 1. The maximum Gasteiger partial charge on any atom is 0.263 e. The molecule has 3 heterocycles. The molecule has 0 spiro atoms. The Labute approximate surface area is 178 Å². The smallest absolute Gasteiger partial charge is 0.263 e. The molecule has 2 aromatic carbocycles. The van der Waals surface area contributed by atoms with Gasteiger partial charge in [-0.05, 0) is 49.2 Å². The molecule has 0 aliphatic carbocycles. The zero-order valence-electron chi connectivity index (χ0n) is 16.7. The summed E-state index contributed by atoms with van der Waals surface area (Å²) >= 11 is 0. The standard InChI is InChI=1S/C23H21N5O3/c29-14-16-4-3-13-28(16)22-23(25-12-11-24-22)31-17-9-7-15(8-10-17)20(30)21-26-18-5-1-2-6-19(18)27-21/h1-2,5-12,16,29H,3-4,13-14H2,(H,26,27). The molecule has 1 atom stereocenters. The van der Waals surface area contributed by atoms with Crippen molar-refractivity contribution in [2.45, 2.75) is 18.9 Å². The van der Waals surface area contributed by atoms with Crippen LogP contribution in [0.4, 0.5) is 5.82 Å². The van der Waals surface area contributed by atoms with Gasteiger partial charge >= 0.3 is 0 Å². The average molecular weight is 415 g/mol. The Bertz CT molecular complexity index is 1190. The van der Waals surface area contributed by atoms with Gasteiger partial charge in [0.25, 0.3) is 5.88 Å². The predicted molar refractivity (Wildman–Crippen MR) is 116 cm³/mol. The van der Waals surface area contributed by atoms with Gasteiger partial charge in [-0.2, -0.15) is 0 Å². The van der Waals surface area contributed by atoms with E-state index in [0.29, 0.717) is 28.8 Å². The van der Waals surface area contributed by atoms with Crippen molar-refractivity contribution in [1.29, 1.82) is 0 Å². The van der Waals surface area contributed by atoms with E-state index in [1.807, 2.05) is 29.2 Å². The molecule has 0 saturated carbocycles. The third-order valence-corrected chi connectivity index (χ3v) is 5.44. The second-order valence-corrected chi connectivity index (χ2v) is 7.42. The second kappa shape index (κ2) is 8.16. The number of rotatable bonds is 6. The topological polar surface area (TPSA) is 104 Å². The summed E-state index contributed by atoms with van der Waals surface area (Å²) in [6.07, 6.45) is 5.08. The number of hydrogen-bond acceptors (Lipinski definition) is 7. The number of aliphatic hydroxyl groups excluding tert-OH is 1. The Morgan fingerprint density at radius 3 is 2.74 bits per heavy atom. The number of benzene rings is 2. The highest BCUT2D eigenvalue weighted by atomic mass is 16.5. The van der Waals surface area contributed by atoms with Gasteiger partial charge in [-0.3, -0.25) is 4.79 Å². The van der Waals surface area contributed by atoms with Crippen molar-refractivity contribution < 1.29 is 14.6 Å². The minimum Gasteiger partial charge on any atom is -0.436 e. The Morgan fingerprint density at radius 2 is 1.94 bits per heavy atom. The number of carbonyl (C=O) groups is 1. The monoisotopic (exact) mass is 415 g/mol. The van der Waals surface area contributed by atoms with Crippen LogP contribution in [0.3, 0.4) is 0 Å². The Balaban J connectivity index is 1.36. The third kappa shape index (κ3) is 3.73.